The van der Waals surface area contributed by atoms with Gasteiger partial charge in [-0.3, -0.25) is 0 Å². The number of hydrogen-bond acceptors (Lipinski definition) is 14. The first-order valence-corrected chi connectivity index (χ1v) is 18.3. The van der Waals surface area contributed by atoms with Crippen molar-refractivity contribution in [1.82, 2.24) is 0 Å². The number of carbonyl (C=O) groups excluding carboxylic acids is 1. The van der Waals surface area contributed by atoms with E-state index in [0.29, 0.717) is 12.0 Å². The van der Waals surface area contributed by atoms with Gasteiger partial charge in [0.15, 0.2) is 12.6 Å². The van der Waals surface area contributed by atoms with E-state index in [1.807, 2.05) is 39.0 Å². The topological polar surface area (TPSA) is 214 Å². The van der Waals surface area contributed by atoms with Gasteiger partial charge in [0.2, 0.25) is 0 Å². The molecule has 0 bridgehead atoms. The van der Waals surface area contributed by atoms with Crippen molar-refractivity contribution in [2.45, 2.75) is 160 Å². The largest absolute Gasteiger partial charge is 0.456 e. The molecule has 14 atom stereocenters. The highest BCUT2D eigenvalue weighted by Gasteiger charge is 2.50. The summed E-state index contributed by atoms with van der Waals surface area (Å²) in [7, 11) is 1.34. The molecule has 302 valence electrons. The van der Waals surface area contributed by atoms with Crippen molar-refractivity contribution >= 4 is 5.97 Å². The summed E-state index contributed by atoms with van der Waals surface area (Å²) in [6.45, 7) is 13.4. The molecular formula is C39H62O14. The van der Waals surface area contributed by atoms with Gasteiger partial charge in [-0.1, -0.05) is 42.9 Å². The number of carbonyl (C=O) groups is 1. The van der Waals surface area contributed by atoms with Gasteiger partial charge < -0.3 is 64.2 Å². The lowest BCUT2D eigenvalue weighted by atomic mass is 9.88. The number of ether oxygens (including phenoxy) is 6. The highest BCUT2D eigenvalue weighted by atomic mass is 16.7. The Morgan fingerprint density at radius 3 is 2.26 bits per heavy atom. The van der Waals surface area contributed by atoms with Crippen LogP contribution in [0.15, 0.2) is 58.7 Å². The molecule has 2 saturated heterocycles. The maximum absolute atomic E-state index is 13.5. The molecule has 0 aromatic rings. The molecule has 53 heavy (non-hydrogen) atoms. The van der Waals surface area contributed by atoms with E-state index in [9.17, 15) is 40.5 Å². The Hall–Kier alpha value is -2.31. The highest BCUT2D eigenvalue weighted by molar-refractivity contribution is 5.89. The minimum Gasteiger partial charge on any atom is -0.456 e. The molecule has 0 saturated carbocycles. The van der Waals surface area contributed by atoms with Crippen molar-refractivity contribution in [1.29, 1.82) is 0 Å². The van der Waals surface area contributed by atoms with Crippen LogP contribution in [0.3, 0.4) is 0 Å². The lowest BCUT2D eigenvalue weighted by Gasteiger charge is -2.46. The van der Waals surface area contributed by atoms with Gasteiger partial charge in [-0.05, 0) is 78.5 Å². The molecule has 0 aliphatic carbocycles. The lowest BCUT2D eigenvalue weighted by Crippen LogP contribution is -2.63. The van der Waals surface area contributed by atoms with E-state index in [4.69, 9.17) is 28.4 Å². The van der Waals surface area contributed by atoms with Crippen LogP contribution in [0.5, 0.6) is 0 Å². The van der Waals surface area contributed by atoms with Gasteiger partial charge in [-0.15, -0.1) is 0 Å². The summed E-state index contributed by atoms with van der Waals surface area (Å²) < 4.78 is 35.1. The normalized spacial score (nSPS) is 43.2. The number of methoxy groups -OCH3 is 1. The van der Waals surface area contributed by atoms with Crippen molar-refractivity contribution in [2.24, 2.45) is 5.92 Å². The Balaban J connectivity index is 1.98. The third kappa shape index (κ3) is 11.8. The summed E-state index contributed by atoms with van der Waals surface area (Å²) in [6, 6.07) is 0. The quantitative estimate of drug-likeness (QED) is 0.139. The van der Waals surface area contributed by atoms with Crippen LogP contribution >= 0.6 is 0 Å². The second kappa shape index (κ2) is 20.0. The standard InChI is InChI=1S/C39H62O14/c1-10-25-18-21(3)27(41)14-12-11-13-26(19-49-38-34(48-9)30(43)29(42)24(6)50-38)36(47)51-28(23(5)40)16-15-20(2)17-22(4)33(25)52-37-32(45)31(44)35(46)39(7,8)53-37/h11-13,15,17-18,23-25,27-35,37-38,40-46H,10,14,16,19H2,1-9H3/b12-11+,20-15+,21-18+,22-17+,26-13+/t23-,24-,25+,27+,28+,29-,30+,31-,32+,33+,34+,35+,37-,38-/m1/s1. The molecule has 0 unspecified atom stereocenters. The van der Waals surface area contributed by atoms with E-state index in [1.54, 1.807) is 39.8 Å². The number of allylic oxidation sites excluding steroid dienone is 4. The van der Waals surface area contributed by atoms with Crippen LogP contribution in [-0.2, 0) is 33.2 Å². The van der Waals surface area contributed by atoms with Crippen molar-refractivity contribution < 1.29 is 69.0 Å². The first-order valence-electron chi connectivity index (χ1n) is 18.3. The van der Waals surface area contributed by atoms with Crippen LogP contribution in [-0.4, -0.2) is 141 Å². The Morgan fingerprint density at radius 2 is 1.64 bits per heavy atom. The monoisotopic (exact) mass is 754 g/mol. The fraction of sp³-hybridized carbons (Fsp3) is 0.718. The third-order valence-electron chi connectivity index (χ3n) is 10.1. The molecule has 3 aliphatic heterocycles. The minimum absolute atomic E-state index is 0.0666. The molecule has 3 aliphatic rings. The second-order valence-electron chi connectivity index (χ2n) is 14.9. The zero-order valence-electron chi connectivity index (χ0n) is 32.4. The van der Waals surface area contributed by atoms with Gasteiger partial charge in [0.1, 0.15) is 42.7 Å². The summed E-state index contributed by atoms with van der Waals surface area (Å²) in [5.41, 5.74) is 0.998. The Kier molecular flexibility index (Phi) is 17.0. The van der Waals surface area contributed by atoms with Gasteiger partial charge in [0.05, 0.1) is 42.2 Å². The summed E-state index contributed by atoms with van der Waals surface area (Å²) >= 11 is 0. The van der Waals surface area contributed by atoms with Crippen LogP contribution in [0.25, 0.3) is 0 Å². The number of cyclic esters (lactones) is 1. The molecule has 0 spiro atoms. The van der Waals surface area contributed by atoms with Gasteiger partial charge in [0, 0.05) is 19.4 Å². The fourth-order valence-electron chi connectivity index (χ4n) is 6.54. The number of aliphatic hydroxyl groups excluding tert-OH is 7. The number of rotatable bonds is 8. The van der Waals surface area contributed by atoms with E-state index in [-0.39, 0.29) is 30.9 Å². The number of hydrogen-bond donors (Lipinski definition) is 7. The molecule has 0 aromatic heterocycles. The van der Waals surface area contributed by atoms with E-state index in [2.05, 4.69) is 0 Å². The van der Waals surface area contributed by atoms with Gasteiger partial charge in [-0.25, -0.2) is 4.79 Å². The van der Waals surface area contributed by atoms with Crippen molar-refractivity contribution in [3.63, 3.8) is 0 Å². The smallest absolute Gasteiger partial charge is 0.336 e. The molecule has 0 amide bonds. The fourth-order valence-corrected chi connectivity index (χ4v) is 6.54. The van der Waals surface area contributed by atoms with Gasteiger partial charge >= 0.3 is 5.97 Å². The maximum atomic E-state index is 13.5. The van der Waals surface area contributed by atoms with Crippen molar-refractivity contribution in [3.05, 3.63) is 58.7 Å². The summed E-state index contributed by atoms with van der Waals surface area (Å²) in [4.78, 5) is 13.5. The molecule has 0 aromatic carbocycles. The van der Waals surface area contributed by atoms with Crippen LogP contribution in [0.1, 0.15) is 74.7 Å². The minimum atomic E-state index is -1.53. The summed E-state index contributed by atoms with van der Waals surface area (Å²) in [5, 5.41) is 74.4. The Morgan fingerprint density at radius 1 is 0.962 bits per heavy atom. The second-order valence-corrected chi connectivity index (χ2v) is 14.9. The molecule has 0 radical (unpaired) electrons. The third-order valence-corrected chi connectivity index (χ3v) is 10.1. The SMILES string of the molecule is CC[C@H]1/C=C(\C)[C@@H](O)C/C=C/C=C(\CO[C@@H]2O[C@H](C)[C@@H](O)[C@H](O)[C@@H]2OC)C(=O)O[C@H]([C@@H](C)O)C/C=C(C)/C=C(\C)[C@@H]1O[C@@H]1OC(C)(C)[C@@H](O)[C@H](O)[C@@H]1O. The van der Waals surface area contributed by atoms with Crippen molar-refractivity contribution in [2.75, 3.05) is 13.7 Å². The highest BCUT2D eigenvalue weighted by Crippen LogP contribution is 2.34. The predicted molar refractivity (Wildman–Crippen MR) is 194 cm³/mol. The molecule has 3 heterocycles. The van der Waals surface area contributed by atoms with E-state index < -0.39 is 91.3 Å². The lowest BCUT2D eigenvalue weighted by molar-refractivity contribution is -0.331. The van der Waals surface area contributed by atoms with Crippen LogP contribution in [0, 0.1) is 5.92 Å². The van der Waals surface area contributed by atoms with E-state index in [1.165, 1.54) is 20.1 Å². The molecular weight excluding hydrogens is 692 g/mol. The summed E-state index contributed by atoms with van der Waals surface area (Å²) in [5.74, 6) is -1.08. The van der Waals surface area contributed by atoms with Gasteiger partial charge in [0.25, 0.3) is 0 Å². The van der Waals surface area contributed by atoms with E-state index in [0.717, 1.165) is 11.1 Å². The molecule has 3 rings (SSSR count). The summed E-state index contributed by atoms with van der Waals surface area (Å²) in [6.07, 6.45) is -3.43. The zero-order valence-corrected chi connectivity index (χ0v) is 32.4. The van der Waals surface area contributed by atoms with Crippen LogP contribution in [0.4, 0.5) is 0 Å². The average molecular weight is 755 g/mol. The molecule has 2 fully saturated rings. The Bertz CT molecular complexity index is 1350. The predicted octanol–water partition coefficient (Wildman–Crippen LogP) is 1.88. The molecule has 14 heteroatoms. The van der Waals surface area contributed by atoms with Crippen LogP contribution < -0.4 is 0 Å². The average Bonchev–Trinajstić information content (AvgIpc) is 3.10. The maximum Gasteiger partial charge on any atom is 0.336 e. The first kappa shape index (κ1) is 45.1. The van der Waals surface area contributed by atoms with Crippen LogP contribution in [0.2, 0.25) is 0 Å². The molecule has 14 nitrogen and oxygen atoms in total. The van der Waals surface area contributed by atoms with E-state index >= 15 is 0 Å². The number of esters is 1. The zero-order chi connectivity index (χ0) is 39.8. The van der Waals surface area contributed by atoms with Crippen molar-refractivity contribution in [3.8, 4) is 0 Å². The number of aliphatic hydroxyl groups is 7. The Labute approximate surface area is 313 Å². The van der Waals surface area contributed by atoms with Gasteiger partial charge in [-0.2, -0.15) is 0 Å². The first-order chi connectivity index (χ1) is 24.8. The molecule has 7 N–H and O–H groups in total.